The normalized spacial score (nSPS) is 13.4. The molecule has 1 aliphatic heterocycles. The number of carbonyl (C=O) groups excluding carboxylic acids is 2. The zero-order chi connectivity index (χ0) is 20.3. The van der Waals surface area contributed by atoms with Gasteiger partial charge < -0.3 is 19.5 Å². The molecular weight excluding hydrogens is 394 g/mol. The van der Waals surface area contributed by atoms with E-state index in [9.17, 15) is 19.7 Å². The Morgan fingerprint density at radius 2 is 1.96 bits per heavy atom. The van der Waals surface area contributed by atoms with Gasteiger partial charge in [0.1, 0.15) is 24.6 Å². The lowest BCUT2D eigenvalue weighted by Crippen LogP contribution is -2.30. The molecule has 2 heterocycles. The molecule has 1 aromatic carbocycles. The summed E-state index contributed by atoms with van der Waals surface area (Å²) in [5.41, 5.74) is -0.861. The van der Waals surface area contributed by atoms with Crippen molar-refractivity contribution in [3.05, 3.63) is 51.2 Å². The van der Waals surface area contributed by atoms with Gasteiger partial charge >= 0.3 is 5.97 Å². The molecule has 11 heteroatoms. The summed E-state index contributed by atoms with van der Waals surface area (Å²) in [4.78, 5) is 39.1. The molecule has 10 nitrogen and oxygen atoms in total. The first-order valence-electron chi connectivity index (χ1n) is 8.06. The van der Waals surface area contributed by atoms with E-state index in [0.717, 1.165) is 6.07 Å². The quantitative estimate of drug-likeness (QED) is 0.454. The first-order valence-corrected chi connectivity index (χ1v) is 8.44. The van der Waals surface area contributed by atoms with Gasteiger partial charge in [-0.2, -0.15) is 0 Å². The number of amides is 1. The van der Waals surface area contributed by atoms with Gasteiger partial charge in [-0.05, 0) is 19.1 Å². The van der Waals surface area contributed by atoms with Crippen molar-refractivity contribution in [1.29, 1.82) is 0 Å². The largest absolute Gasteiger partial charge is 0.486 e. The number of esters is 1. The summed E-state index contributed by atoms with van der Waals surface area (Å²) in [6, 6.07) is 5.26. The van der Waals surface area contributed by atoms with Crippen LogP contribution in [0.25, 0.3) is 0 Å². The van der Waals surface area contributed by atoms with Gasteiger partial charge in [-0.3, -0.25) is 14.9 Å². The van der Waals surface area contributed by atoms with E-state index in [1.165, 1.54) is 31.3 Å². The Kier molecular flexibility index (Phi) is 5.59. The number of carbonyl (C=O) groups is 2. The Bertz CT molecular complexity index is 933. The van der Waals surface area contributed by atoms with Gasteiger partial charge in [0, 0.05) is 12.3 Å². The number of nitrogens with zero attached hydrogens (tertiary/aromatic N) is 2. The highest BCUT2D eigenvalue weighted by molar-refractivity contribution is 6.30. The smallest absolute Gasteiger partial charge is 0.346 e. The summed E-state index contributed by atoms with van der Waals surface area (Å²) in [5.74, 6) is -1.15. The summed E-state index contributed by atoms with van der Waals surface area (Å²) in [5, 5.41) is 14.1. The first kappa shape index (κ1) is 19.4. The van der Waals surface area contributed by atoms with Crippen LogP contribution in [0.15, 0.2) is 30.5 Å². The van der Waals surface area contributed by atoms with Gasteiger partial charge in [0.25, 0.3) is 11.6 Å². The minimum atomic E-state index is -1.24. The van der Waals surface area contributed by atoms with Gasteiger partial charge in [-0.1, -0.05) is 11.6 Å². The van der Waals surface area contributed by atoms with Gasteiger partial charge in [0.05, 0.1) is 16.0 Å². The summed E-state index contributed by atoms with van der Waals surface area (Å²) < 4.78 is 15.7. The van der Waals surface area contributed by atoms with Crippen LogP contribution in [0.2, 0.25) is 5.02 Å². The molecule has 1 N–H and O–H groups in total. The van der Waals surface area contributed by atoms with Crippen molar-refractivity contribution in [3.8, 4) is 11.5 Å². The minimum absolute atomic E-state index is 0.161. The van der Waals surface area contributed by atoms with Gasteiger partial charge in [0.15, 0.2) is 17.6 Å². The zero-order valence-electron chi connectivity index (χ0n) is 14.5. The Labute approximate surface area is 163 Å². The molecular formula is C17H14ClN3O7. The summed E-state index contributed by atoms with van der Waals surface area (Å²) in [7, 11) is 0. The predicted octanol–water partition coefficient (Wildman–Crippen LogP) is 2.60. The second-order valence-corrected chi connectivity index (χ2v) is 6.11. The Hall–Kier alpha value is -3.40. The van der Waals surface area contributed by atoms with Crippen LogP contribution in [0.3, 0.4) is 0 Å². The van der Waals surface area contributed by atoms with Crippen molar-refractivity contribution >= 4 is 35.0 Å². The van der Waals surface area contributed by atoms with E-state index in [4.69, 9.17) is 25.8 Å². The first-order chi connectivity index (χ1) is 13.3. The number of hydrogen-bond acceptors (Lipinski definition) is 8. The van der Waals surface area contributed by atoms with E-state index in [2.05, 4.69) is 10.3 Å². The number of anilines is 1. The maximum absolute atomic E-state index is 12.4. The molecule has 1 aliphatic rings. The topological polar surface area (TPSA) is 130 Å². The van der Waals surface area contributed by atoms with E-state index in [1.54, 1.807) is 0 Å². The molecule has 0 radical (unpaired) electrons. The molecule has 0 unspecified atom stereocenters. The van der Waals surface area contributed by atoms with E-state index in [0.29, 0.717) is 5.02 Å². The fraction of sp³-hybridized carbons (Fsp3) is 0.235. The van der Waals surface area contributed by atoms with E-state index in [-0.39, 0.29) is 36.1 Å². The molecule has 0 bridgehead atoms. The minimum Gasteiger partial charge on any atom is -0.486 e. The molecule has 146 valence electrons. The van der Waals surface area contributed by atoms with Crippen molar-refractivity contribution in [2.75, 3.05) is 18.5 Å². The van der Waals surface area contributed by atoms with Gasteiger partial charge in [-0.15, -0.1) is 0 Å². The molecule has 0 aliphatic carbocycles. The number of halogens is 1. The van der Waals surface area contributed by atoms with Crippen LogP contribution < -0.4 is 14.8 Å². The number of nitro benzene ring substituents is 1. The summed E-state index contributed by atoms with van der Waals surface area (Å²) in [6.45, 7) is 1.81. The number of nitrogens with one attached hydrogen (secondary N) is 1. The van der Waals surface area contributed by atoms with E-state index >= 15 is 0 Å². The number of nitro groups is 1. The highest BCUT2D eigenvalue weighted by Gasteiger charge is 2.29. The number of hydrogen-bond donors (Lipinski definition) is 1. The fourth-order valence-electron chi connectivity index (χ4n) is 2.35. The molecule has 28 heavy (non-hydrogen) atoms. The fourth-order valence-corrected chi connectivity index (χ4v) is 2.46. The third-order valence-corrected chi connectivity index (χ3v) is 3.93. The maximum Gasteiger partial charge on any atom is 0.346 e. The van der Waals surface area contributed by atoms with Crippen LogP contribution in [0.1, 0.15) is 17.3 Å². The highest BCUT2D eigenvalue weighted by atomic mass is 35.5. The van der Waals surface area contributed by atoms with Crippen LogP contribution in [-0.4, -0.2) is 41.1 Å². The number of fused-ring (bicyclic) bond motifs is 1. The predicted molar refractivity (Wildman–Crippen MR) is 96.8 cm³/mol. The zero-order valence-corrected chi connectivity index (χ0v) is 15.3. The lowest BCUT2D eigenvalue weighted by atomic mass is 10.1. The van der Waals surface area contributed by atoms with Crippen LogP contribution in [-0.2, 0) is 9.53 Å². The average molecular weight is 408 g/mol. The second-order valence-electron chi connectivity index (χ2n) is 5.67. The van der Waals surface area contributed by atoms with Crippen LogP contribution >= 0.6 is 11.6 Å². The lowest BCUT2D eigenvalue weighted by molar-refractivity contribution is -0.385. The molecule has 0 saturated carbocycles. The van der Waals surface area contributed by atoms with Crippen LogP contribution in [0.5, 0.6) is 11.5 Å². The lowest BCUT2D eigenvalue weighted by Gasteiger charge is -2.19. The summed E-state index contributed by atoms with van der Waals surface area (Å²) in [6.07, 6.45) is 0.102. The maximum atomic E-state index is 12.4. The molecule has 2 aromatic rings. The number of pyridine rings is 1. The number of aromatic nitrogens is 1. The van der Waals surface area contributed by atoms with Crippen molar-refractivity contribution in [1.82, 2.24) is 4.98 Å². The SMILES string of the molecule is C[C@H](OC(=O)c1cc2c(cc1[N+](=O)[O-])OCCO2)C(=O)Nc1ccc(Cl)cn1. The molecule has 3 rings (SSSR count). The molecule has 1 amide bonds. The second kappa shape index (κ2) is 8.09. The molecule has 0 saturated heterocycles. The average Bonchev–Trinajstić information content (AvgIpc) is 2.68. The third kappa shape index (κ3) is 4.29. The number of benzene rings is 1. The van der Waals surface area contributed by atoms with Crippen molar-refractivity contribution in [2.24, 2.45) is 0 Å². The molecule has 1 aromatic heterocycles. The molecule has 0 fully saturated rings. The van der Waals surface area contributed by atoms with Gasteiger partial charge in [0.2, 0.25) is 0 Å². The van der Waals surface area contributed by atoms with Crippen LogP contribution in [0, 0.1) is 10.1 Å². The van der Waals surface area contributed by atoms with Crippen molar-refractivity contribution in [2.45, 2.75) is 13.0 Å². The summed E-state index contributed by atoms with van der Waals surface area (Å²) >= 11 is 5.72. The van der Waals surface area contributed by atoms with E-state index in [1.807, 2.05) is 0 Å². The molecule has 1 atom stereocenters. The number of ether oxygens (including phenoxy) is 3. The standard InChI is InChI=1S/C17H14ClN3O7/c1-9(16(22)20-15-3-2-10(18)8-19-15)28-17(23)11-6-13-14(27-5-4-26-13)7-12(11)21(24)25/h2-3,6-9H,4-5H2,1H3,(H,19,20,22)/t9-/m0/s1. The third-order valence-electron chi connectivity index (χ3n) is 3.71. The monoisotopic (exact) mass is 407 g/mol. The van der Waals surface area contributed by atoms with Crippen molar-refractivity contribution in [3.63, 3.8) is 0 Å². The Balaban J connectivity index is 1.75. The van der Waals surface area contributed by atoms with Crippen molar-refractivity contribution < 1.29 is 28.7 Å². The highest BCUT2D eigenvalue weighted by Crippen LogP contribution is 2.37. The Morgan fingerprint density at radius 1 is 1.29 bits per heavy atom. The number of rotatable bonds is 5. The van der Waals surface area contributed by atoms with Gasteiger partial charge in [-0.25, -0.2) is 9.78 Å². The molecule has 0 spiro atoms. The van der Waals surface area contributed by atoms with E-state index < -0.39 is 28.6 Å². The van der Waals surface area contributed by atoms with Crippen LogP contribution in [0.4, 0.5) is 11.5 Å². The Morgan fingerprint density at radius 3 is 2.57 bits per heavy atom.